The van der Waals surface area contributed by atoms with Crippen molar-refractivity contribution in [2.24, 2.45) is 0 Å². The van der Waals surface area contributed by atoms with Crippen LogP contribution in [0.15, 0.2) is 0 Å². The first kappa shape index (κ1) is 27.8. The van der Waals surface area contributed by atoms with Crippen LogP contribution in [-0.4, -0.2) is 75.7 Å². The maximum Gasteiger partial charge on any atom is 0.303 e. The van der Waals surface area contributed by atoms with Crippen molar-refractivity contribution in [2.75, 3.05) is 39.6 Å². The number of carbonyl (C=O) groups excluding carboxylic acids is 4. The maximum atomic E-state index is 11.0. The molecule has 0 heterocycles. The molecule has 0 amide bonds. The van der Waals surface area contributed by atoms with E-state index >= 15 is 0 Å². The highest BCUT2D eigenvalue weighted by atomic mass is 16.6. The lowest BCUT2D eigenvalue weighted by Crippen LogP contribution is -2.28. The summed E-state index contributed by atoms with van der Waals surface area (Å²) in [5.74, 6) is -1.81. The molecule has 0 N–H and O–H groups in total. The molecular formula is C20H34O10. The Morgan fingerprint density at radius 1 is 0.533 bits per heavy atom. The minimum Gasteiger partial charge on any atom is -0.462 e. The molecule has 0 aromatic heterocycles. The van der Waals surface area contributed by atoms with Crippen molar-refractivity contribution < 1.29 is 47.6 Å². The summed E-state index contributed by atoms with van der Waals surface area (Å²) < 4.78 is 30.7. The van der Waals surface area contributed by atoms with Gasteiger partial charge in [-0.25, -0.2) is 0 Å². The first-order chi connectivity index (χ1) is 14.2. The van der Waals surface area contributed by atoms with E-state index in [9.17, 15) is 19.2 Å². The Hall–Kier alpha value is -2.20. The lowest BCUT2D eigenvalue weighted by Gasteiger charge is -2.17. The summed E-state index contributed by atoms with van der Waals surface area (Å²) in [6.45, 7) is 6.39. The second kappa shape index (κ2) is 17.6. The normalized spacial score (nSPS) is 12.5. The van der Waals surface area contributed by atoms with Gasteiger partial charge in [-0.05, 0) is 12.8 Å². The molecule has 0 saturated heterocycles. The minimum atomic E-state index is -0.614. The summed E-state index contributed by atoms with van der Waals surface area (Å²) in [7, 11) is 0. The van der Waals surface area contributed by atoms with Crippen LogP contribution in [0.5, 0.6) is 0 Å². The molecular weight excluding hydrogens is 400 g/mol. The first-order valence-corrected chi connectivity index (χ1v) is 9.97. The number of ether oxygens (including phenoxy) is 6. The quantitative estimate of drug-likeness (QED) is 0.189. The summed E-state index contributed by atoms with van der Waals surface area (Å²) >= 11 is 0. The molecule has 0 spiro atoms. The topological polar surface area (TPSA) is 124 Å². The standard InChI is InChI=1S/C20H34O10/c1-15(21)27-13-19(29-17(3)23)11-25-9-7-5-6-8-10-26-12-20(30-18(4)24)14-28-16(2)22/h19-20H,5-14H2,1-4H3. The van der Waals surface area contributed by atoms with Gasteiger partial charge in [-0.15, -0.1) is 0 Å². The van der Waals surface area contributed by atoms with Gasteiger partial charge in [0, 0.05) is 40.9 Å². The number of unbranched alkanes of at least 4 members (excludes halogenated alkanes) is 3. The molecule has 174 valence electrons. The van der Waals surface area contributed by atoms with Crippen molar-refractivity contribution in [3.63, 3.8) is 0 Å². The predicted molar refractivity (Wildman–Crippen MR) is 104 cm³/mol. The summed E-state index contributed by atoms with van der Waals surface area (Å²) in [6, 6.07) is 0. The van der Waals surface area contributed by atoms with Crippen LogP contribution >= 0.6 is 0 Å². The lowest BCUT2D eigenvalue weighted by atomic mass is 10.2. The Labute approximate surface area is 177 Å². The van der Waals surface area contributed by atoms with Crippen molar-refractivity contribution in [1.29, 1.82) is 0 Å². The van der Waals surface area contributed by atoms with Crippen LogP contribution in [0.1, 0.15) is 53.4 Å². The average Bonchev–Trinajstić information content (AvgIpc) is 2.64. The summed E-state index contributed by atoms with van der Waals surface area (Å²) in [5.41, 5.74) is 0. The van der Waals surface area contributed by atoms with Crippen LogP contribution < -0.4 is 0 Å². The zero-order chi connectivity index (χ0) is 22.8. The van der Waals surface area contributed by atoms with E-state index in [1.807, 2.05) is 0 Å². The van der Waals surface area contributed by atoms with E-state index in [0.29, 0.717) is 13.2 Å². The van der Waals surface area contributed by atoms with Crippen LogP contribution in [0.25, 0.3) is 0 Å². The van der Waals surface area contributed by atoms with E-state index in [1.54, 1.807) is 0 Å². The number of esters is 4. The van der Waals surface area contributed by atoms with Gasteiger partial charge in [0.25, 0.3) is 0 Å². The van der Waals surface area contributed by atoms with Crippen molar-refractivity contribution in [2.45, 2.75) is 65.6 Å². The molecule has 10 nitrogen and oxygen atoms in total. The molecule has 0 aliphatic rings. The van der Waals surface area contributed by atoms with Gasteiger partial charge in [0.05, 0.1) is 13.2 Å². The number of rotatable bonds is 17. The van der Waals surface area contributed by atoms with Crippen LogP contribution in [0.4, 0.5) is 0 Å². The molecule has 0 aliphatic heterocycles. The highest BCUT2D eigenvalue weighted by molar-refractivity contribution is 5.67. The van der Waals surface area contributed by atoms with E-state index < -0.39 is 36.1 Å². The molecule has 0 bridgehead atoms. The SMILES string of the molecule is CC(=O)OCC(COCCCCCCOCC(COC(C)=O)OC(C)=O)OC(C)=O. The molecule has 0 radical (unpaired) electrons. The third kappa shape index (κ3) is 19.1. The largest absolute Gasteiger partial charge is 0.462 e. The summed E-state index contributed by atoms with van der Waals surface area (Å²) in [4.78, 5) is 43.8. The van der Waals surface area contributed by atoms with Crippen molar-refractivity contribution in [3.8, 4) is 0 Å². The van der Waals surface area contributed by atoms with Gasteiger partial charge in [0.1, 0.15) is 13.2 Å². The maximum absolute atomic E-state index is 11.0. The second-order valence-corrected chi connectivity index (χ2v) is 6.63. The Morgan fingerprint density at radius 2 is 0.900 bits per heavy atom. The molecule has 0 aliphatic carbocycles. The van der Waals surface area contributed by atoms with E-state index in [2.05, 4.69) is 0 Å². The Balaban J connectivity index is 3.77. The van der Waals surface area contributed by atoms with E-state index in [0.717, 1.165) is 25.7 Å². The van der Waals surface area contributed by atoms with Gasteiger partial charge in [0.2, 0.25) is 0 Å². The Bertz CT molecular complexity index is 474. The number of hydrogen-bond donors (Lipinski definition) is 0. The average molecular weight is 434 g/mol. The van der Waals surface area contributed by atoms with Gasteiger partial charge in [-0.3, -0.25) is 19.2 Å². The van der Waals surface area contributed by atoms with Crippen molar-refractivity contribution >= 4 is 23.9 Å². The Kier molecular flexibility index (Phi) is 16.3. The highest BCUT2D eigenvalue weighted by Gasteiger charge is 2.15. The summed E-state index contributed by atoms with van der Waals surface area (Å²) in [6.07, 6.45) is 2.26. The van der Waals surface area contributed by atoms with E-state index in [1.165, 1.54) is 27.7 Å². The van der Waals surface area contributed by atoms with E-state index in [-0.39, 0.29) is 26.4 Å². The molecule has 0 aromatic carbocycles. The summed E-state index contributed by atoms with van der Waals surface area (Å²) in [5, 5.41) is 0. The van der Waals surface area contributed by atoms with Gasteiger partial charge >= 0.3 is 23.9 Å². The van der Waals surface area contributed by atoms with Crippen LogP contribution in [0.3, 0.4) is 0 Å². The molecule has 0 aromatic rings. The van der Waals surface area contributed by atoms with Gasteiger partial charge in [-0.1, -0.05) is 12.8 Å². The minimum absolute atomic E-state index is 0.0297. The van der Waals surface area contributed by atoms with Crippen molar-refractivity contribution in [3.05, 3.63) is 0 Å². The molecule has 0 rings (SSSR count). The first-order valence-electron chi connectivity index (χ1n) is 9.97. The van der Waals surface area contributed by atoms with Crippen LogP contribution in [-0.2, 0) is 47.6 Å². The lowest BCUT2D eigenvalue weighted by molar-refractivity contribution is -0.160. The fourth-order valence-corrected chi connectivity index (χ4v) is 2.31. The molecule has 30 heavy (non-hydrogen) atoms. The van der Waals surface area contributed by atoms with Crippen LogP contribution in [0.2, 0.25) is 0 Å². The molecule has 0 fully saturated rings. The fraction of sp³-hybridized carbons (Fsp3) is 0.800. The molecule has 0 saturated carbocycles. The zero-order valence-electron chi connectivity index (χ0n) is 18.3. The third-order valence-corrected chi connectivity index (χ3v) is 3.55. The highest BCUT2D eigenvalue weighted by Crippen LogP contribution is 2.04. The monoisotopic (exact) mass is 434 g/mol. The number of carbonyl (C=O) groups is 4. The predicted octanol–water partition coefficient (Wildman–Crippen LogP) is 1.57. The molecule has 2 unspecified atom stereocenters. The second-order valence-electron chi connectivity index (χ2n) is 6.63. The van der Waals surface area contributed by atoms with Gasteiger partial charge < -0.3 is 28.4 Å². The van der Waals surface area contributed by atoms with Gasteiger partial charge in [0.15, 0.2) is 12.2 Å². The Morgan fingerprint density at radius 3 is 1.20 bits per heavy atom. The molecule has 2 atom stereocenters. The third-order valence-electron chi connectivity index (χ3n) is 3.55. The van der Waals surface area contributed by atoms with Gasteiger partial charge in [-0.2, -0.15) is 0 Å². The number of hydrogen-bond acceptors (Lipinski definition) is 10. The van der Waals surface area contributed by atoms with E-state index in [4.69, 9.17) is 28.4 Å². The fourth-order valence-electron chi connectivity index (χ4n) is 2.31. The van der Waals surface area contributed by atoms with Crippen molar-refractivity contribution in [1.82, 2.24) is 0 Å². The van der Waals surface area contributed by atoms with Crippen LogP contribution in [0, 0.1) is 0 Å². The molecule has 10 heteroatoms. The smallest absolute Gasteiger partial charge is 0.303 e. The zero-order valence-corrected chi connectivity index (χ0v) is 18.3.